The predicted octanol–water partition coefficient (Wildman–Crippen LogP) is 7.75. The summed E-state index contributed by atoms with van der Waals surface area (Å²) in [7, 11) is 0. The van der Waals surface area contributed by atoms with Crippen molar-refractivity contribution < 1.29 is 27.8 Å². The van der Waals surface area contributed by atoms with Crippen molar-refractivity contribution in [2.45, 2.75) is 140 Å². The molecule has 0 radical (unpaired) electrons. The maximum atomic E-state index is 14.0. The van der Waals surface area contributed by atoms with Crippen LogP contribution in [0.2, 0.25) is 0 Å². The van der Waals surface area contributed by atoms with Crippen molar-refractivity contribution in [2.75, 3.05) is 0 Å². The summed E-state index contributed by atoms with van der Waals surface area (Å²) in [5.74, 6) is -0.978. The molecule has 2 saturated carbocycles. The smallest absolute Gasteiger partial charge is 0.340 e. The summed E-state index contributed by atoms with van der Waals surface area (Å²) in [4.78, 5) is 24.0. The molecule has 0 N–H and O–H groups in total. The number of rotatable bonds is 12. The number of alkyl halides is 2. The summed E-state index contributed by atoms with van der Waals surface area (Å²) >= 11 is 0. The van der Waals surface area contributed by atoms with Crippen LogP contribution in [0.1, 0.15) is 132 Å². The number of ether oxygens (including phenoxy) is 2. The van der Waals surface area contributed by atoms with Crippen LogP contribution in [0.4, 0.5) is 8.78 Å². The van der Waals surface area contributed by atoms with Crippen LogP contribution in [0, 0.1) is 11.3 Å². The molecule has 0 heterocycles. The average molecular weight is 532 g/mol. The van der Waals surface area contributed by atoms with E-state index in [4.69, 9.17) is 9.47 Å². The zero-order chi connectivity index (χ0) is 27.5. The van der Waals surface area contributed by atoms with E-state index in [1.54, 1.807) is 0 Å². The molecule has 1 aromatic carbocycles. The molecule has 5 nitrogen and oxygen atoms in total. The molecule has 0 aliphatic heterocycles. The lowest BCUT2D eigenvalue weighted by Crippen LogP contribution is -2.29. The number of carbonyl (C=O) groups excluding carboxylic acids is 2. The van der Waals surface area contributed by atoms with Gasteiger partial charge in [-0.05, 0) is 93.2 Å². The van der Waals surface area contributed by atoms with Crippen LogP contribution in [0.25, 0.3) is 0 Å². The van der Waals surface area contributed by atoms with E-state index in [0.29, 0.717) is 44.1 Å². The monoisotopic (exact) mass is 531 g/mol. The highest BCUT2D eigenvalue weighted by molar-refractivity contribution is 5.75. The van der Waals surface area contributed by atoms with Crippen molar-refractivity contribution in [3.05, 3.63) is 34.9 Å². The predicted molar refractivity (Wildman–Crippen MR) is 142 cm³/mol. The number of benzene rings is 1. The van der Waals surface area contributed by atoms with E-state index in [1.165, 1.54) is 0 Å². The van der Waals surface area contributed by atoms with Crippen molar-refractivity contribution >= 4 is 11.9 Å². The molecule has 0 amide bonds. The van der Waals surface area contributed by atoms with E-state index >= 15 is 0 Å². The van der Waals surface area contributed by atoms with Gasteiger partial charge in [-0.2, -0.15) is 5.26 Å². The molecule has 210 valence electrons. The molecule has 2 fully saturated rings. The second-order valence-electron chi connectivity index (χ2n) is 11.0. The molecule has 0 saturated heterocycles. The van der Waals surface area contributed by atoms with Gasteiger partial charge in [-0.3, -0.25) is 0 Å². The van der Waals surface area contributed by atoms with Gasteiger partial charge in [0, 0.05) is 0 Å². The summed E-state index contributed by atoms with van der Waals surface area (Å²) in [6.07, 6.45) is 5.88. The number of nitrogens with zero attached hydrogens (tertiary/aromatic N) is 1. The lowest BCUT2D eigenvalue weighted by molar-refractivity contribution is -0.157. The van der Waals surface area contributed by atoms with E-state index in [9.17, 15) is 23.6 Å². The van der Waals surface area contributed by atoms with E-state index in [0.717, 1.165) is 49.7 Å². The minimum Gasteiger partial charge on any atom is -0.460 e. The number of hydrogen-bond acceptors (Lipinski definition) is 5. The fraction of sp³-hybridized carbons (Fsp3) is 0.710. The Morgan fingerprint density at radius 3 is 1.76 bits per heavy atom. The largest absolute Gasteiger partial charge is 0.460 e. The Morgan fingerprint density at radius 2 is 1.32 bits per heavy atom. The van der Waals surface area contributed by atoms with Gasteiger partial charge in [-0.15, -0.1) is 0 Å². The zero-order valence-corrected chi connectivity index (χ0v) is 22.9. The van der Waals surface area contributed by atoms with Gasteiger partial charge in [-0.1, -0.05) is 51.7 Å². The summed E-state index contributed by atoms with van der Waals surface area (Å²) in [6, 6.07) is 8.51. The molecular formula is C31H43F2NO4. The van der Waals surface area contributed by atoms with Gasteiger partial charge in [0.2, 0.25) is 0 Å². The summed E-state index contributed by atoms with van der Waals surface area (Å²) in [5, 5.41) is 9.88. The average Bonchev–Trinajstić information content (AvgIpc) is 2.95. The highest BCUT2D eigenvalue weighted by Crippen LogP contribution is 2.39. The van der Waals surface area contributed by atoms with Crippen LogP contribution in [0.15, 0.2) is 18.2 Å². The molecule has 1 aromatic rings. The zero-order valence-electron chi connectivity index (χ0n) is 22.9. The second kappa shape index (κ2) is 15.2. The van der Waals surface area contributed by atoms with Gasteiger partial charge in [-0.25, -0.2) is 18.4 Å². The van der Waals surface area contributed by atoms with Gasteiger partial charge in [0.05, 0.1) is 11.6 Å². The molecule has 3 rings (SSSR count). The highest BCUT2D eigenvalue weighted by atomic mass is 19.1. The normalized spacial score (nSPS) is 25.1. The number of halogens is 2. The Morgan fingerprint density at radius 1 is 0.842 bits per heavy atom. The molecule has 2 aliphatic rings. The van der Waals surface area contributed by atoms with Gasteiger partial charge in [0.15, 0.2) is 12.3 Å². The van der Waals surface area contributed by atoms with E-state index < -0.39 is 24.3 Å². The maximum absolute atomic E-state index is 14.0. The van der Waals surface area contributed by atoms with Gasteiger partial charge < -0.3 is 9.47 Å². The molecule has 7 heteroatoms. The summed E-state index contributed by atoms with van der Waals surface area (Å²) in [6.45, 7) is 3.93. The Hall–Kier alpha value is -2.49. The van der Waals surface area contributed by atoms with Crippen LogP contribution in [0.5, 0.6) is 0 Å². The SMILES string of the molecule is CCCC[C@H](F)C(=O)OC1CCC(c2ccc(C3CCC(OC(=O)[C@@H](F)CCCC)CC3)c(C#N)c2)CC1. The van der Waals surface area contributed by atoms with Crippen molar-refractivity contribution in [1.29, 1.82) is 5.26 Å². The Bertz CT molecular complexity index is 946. The first kappa shape index (κ1) is 30.1. The van der Waals surface area contributed by atoms with E-state index in [1.807, 2.05) is 19.9 Å². The fourth-order valence-electron chi connectivity index (χ4n) is 5.76. The van der Waals surface area contributed by atoms with Crippen molar-refractivity contribution in [1.82, 2.24) is 0 Å². The number of esters is 2. The van der Waals surface area contributed by atoms with Crippen molar-refractivity contribution in [2.24, 2.45) is 0 Å². The minimum atomic E-state index is -1.54. The fourth-order valence-corrected chi connectivity index (χ4v) is 5.76. The summed E-state index contributed by atoms with van der Waals surface area (Å²) < 4.78 is 38.8. The Labute approximate surface area is 226 Å². The topological polar surface area (TPSA) is 76.4 Å². The van der Waals surface area contributed by atoms with Gasteiger partial charge >= 0.3 is 11.9 Å². The molecule has 0 bridgehead atoms. The van der Waals surface area contributed by atoms with Crippen LogP contribution >= 0.6 is 0 Å². The standard InChI is InChI=1S/C31H43F2NO4/c1-3-5-7-28(32)30(35)37-25-14-9-21(10-15-25)23-13-18-27(24(19-23)20-34)22-11-16-26(17-12-22)38-31(36)29(33)8-6-4-2/h13,18-19,21-22,25-26,28-29H,3-12,14-17H2,1-2H3/t21?,22?,25?,26?,28-,29-/m0/s1. The van der Waals surface area contributed by atoms with E-state index in [2.05, 4.69) is 18.2 Å². The highest BCUT2D eigenvalue weighted by Gasteiger charge is 2.31. The van der Waals surface area contributed by atoms with Crippen molar-refractivity contribution in [3.8, 4) is 6.07 Å². The molecule has 38 heavy (non-hydrogen) atoms. The Kier molecular flexibility index (Phi) is 12.0. The third kappa shape index (κ3) is 8.51. The number of carbonyl (C=O) groups is 2. The Balaban J connectivity index is 1.49. The lowest BCUT2D eigenvalue weighted by Gasteiger charge is -2.31. The number of nitriles is 1. The third-order valence-corrected chi connectivity index (χ3v) is 8.16. The first-order chi connectivity index (χ1) is 18.4. The van der Waals surface area contributed by atoms with Crippen LogP contribution < -0.4 is 0 Å². The van der Waals surface area contributed by atoms with Crippen molar-refractivity contribution in [3.63, 3.8) is 0 Å². The number of unbranched alkanes of at least 4 members (excludes halogenated alkanes) is 2. The summed E-state index contributed by atoms with van der Waals surface area (Å²) in [5.41, 5.74) is 2.82. The molecular weight excluding hydrogens is 488 g/mol. The van der Waals surface area contributed by atoms with Crippen LogP contribution in [-0.4, -0.2) is 36.5 Å². The number of hydrogen-bond donors (Lipinski definition) is 0. The molecule has 2 atom stereocenters. The van der Waals surface area contributed by atoms with Crippen LogP contribution in [0.3, 0.4) is 0 Å². The first-order valence-electron chi connectivity index (χ1n) is 14.6. The quantitative estimate of drug-likeness (QED) is 0.258. The molecule has 0 unspecified atom stereocenters. The first-order valence-corrected chi connectivity index (χ1v) is 14.6. The maximum Gasteiger partial charge on any atom is 0.340 e. The molecule has 2 aliphatic carbocycles. The van der Waals surface area contributed by atoms with Gasteiger partial charge in [0.25, 0.3) is 0 Å². The second-order valence-corrected chi connectivity index (χ2v) is 11.0. The van der Waals surface area contributed by atoms with Crippen LogP contribution in [-0.2, 0) is 19.1 Å². The molecule has 0 aromatic heterocycles. The van der Waals surface area contributed by atoms with Gasteiger partial charge in [0.1, 0.15) is 12.2 Å². The minimum absolute atomic E-state index is 0.214. The lowest BCUT2D eigenvalue weighted by atomic mass is 9.78. The molecule has 0 spiro atoms. The van der Waals surface area contributed by atoms with E-state index in [-0.39, 0.29) is 36.9 Å². The third-order valence-electron chi connectivity index (χ3n) is 8.16.